The van der Waals surface area contributed by atoms with Crippen LogP contribution >= 0.6 is 0 Å². The summed E-state index contributed by atoms with van der Waals surface area (Å²) in [6.45, 7) is 4.55. The van der Waals surface area contributed by atoms with E-state index >= 15 is 0 Å². The smallest absolute Gasteiger partial charge is 0.310 e. The van der Waals surface area contributed by atoms with Gasteiger partial charge in [-0.25, -0.2) is 0 Å². The number of hydrogen-bond acceptors (Lipinski definition) is 3. The number of carbonyl (C=O) groups excluding carboxylic acids is 1. The Morgan fingerprint density at radius 1 is 0.800 bits per heavy atom. The van der Waals surface area contributed by atoms with E-state index in [1.807, 2.05) is 0 Å². The Labute approximate surface area is 180 Å². The van der Waals surface area contributed by atoms with Gasteiger partial charge in [-0.1, -0.05) is 26.7 Å². The number of aliphatic carboxylic acids is 1. The predicted molar refractivity (Wildman–Crippen MR) is 112 cm³/mol. The van der Waals surface area contributed by atoms with Gasteiger partial charge < -0.3 is 9.84 Å². The van der Waals surface area contributed by atoms with Crippen molar-refractivity contribution in [1.82, 2.24) is 0 Å². The van der Waals surface area contributed by atoms with E-state index in [1.54, 1.807) is 0 Å². The van der Waals surface area contributed by atoms with E-state index in [4.69, 9.17) is 4.74 Å². The van der Waals surface area contributed by atoms with Crippen LogP contribution in [0.25, 0.3) is 0 Å². The summed E-state index contributed by atoms with van der Waals surface area (Å²) in [6, 6.07) is 0. The average Bonchev–Trinajstić information content (AvgIpc) is 3.35. The Balaban J connectivity index is 1.27. The summed E-state index contributed by atoms with van der Waals surface area (Å²) in [5.74, 6) is 3.22. The molecule has 166 valence electrons. The monoisotopic (exact) mass is 414 g/mol. The van der Waals surface area contributed by atoms with Crippen LogP contribution in [-0.2, 0) is 14.3 Å². The highest BCUT2D eigenvalue weighted by atomic mass is 16.6. The van der Waals surface area contributed by atoms with Crippen LogP contribution in [0.1, 0.15) is 78.1 Å². The molecule has 8 atom stereocenters. The predicted octanol–water partition coefficient (Wildman–Crippen LogP) is 5.15. The second-order valence-corrected chi connectivity index (χ2v) is 12.2. The first-order valence-electron chi connectivity index (χ1n) is 12.9. The summed E-state index contributed by atoms with van der Waals surface area (Å²) in [7, 11) is 0. The number of esters is 1. The van der Waals surface area contributed by atoms with Crippen LogP contribution in [0.15, 0.2) is 0 Å². The fourth-order valence-corrected chi connectivity index (χ4v) is 10.5. The molecule has 0 aromatic carbocycles. The number of carbonyl (C=O) groups is 2. The zero-order valence-corrected chi connectivity index (χ0v) is 18.6. The topological polar surface area (TPSA) is 63.6 Å². The third kappa shape index (κ3) is 2.64. The highest BCUT2D eigenvalue weighted by Crippen LogP contribution is 2.68. The third-order valence-corrected chi connectivity index (χ3v) is 10.9. The van der Waals surface area contributed by atoms with Crippen LogP contribution in [0.3, 0.4) is 0 Å². The second-order valence-electron chi connectivity index (χ2n) is 12.2. The van der Waals surface area contributed by atoms with Crippen molar-refractivity contribution >= 4 is 11.9 Å². The quantitative estimate of drug-likeness (QED) is 0.632. The molecular formula is C26H38O4. The number of hydrogen-bond donors (Lipinski definition) is 1. The number of fused-ring (bicyclic) bond motifs is 5. The van der Waals surface area contributed by atoms with Crippen molar-refractivity contribution in [2.75, 3.05) is 0 Å². The van der Waals surface area contributed by atoms with Crippen molar-refractivity contribution in [3.05, 3.63) is 0 Å². The minimum Gasteiger partial charge on any atom is -0.481 e. The third-order valence-electron chi connectivity index (χ3n) is 10.9. The molecular weight excluding hydrogens is 376 g/mol. The molecule has 0 aromatic heterocycles. The number of carboxylic acids is 1. The standard InChI is InChI=1S/C26H38O4/c1-3-16-8-17(4-2)21-19-9-18(20(16)21)22(24(27)28)23(19)25(29)30-26-10-13-5-14(11-26)7-15(6-13)12-26/h13-23H,3-12H2,1-2H3,(H,27,28). The Bertz CT molecular complexity index is 708. The molecule has 6 bridgehead atoms. The maximum Gasteiger partial charge on any atom is 0.310 e. The molecule has 0 heterocycles. The molecule has 0 aliphatic heterocycles. The van der Waals surface area contributed by atoms with Gasteiger partial charge in [0.15, 0.2) is 0 Å². The summed E-state index contributed by atoms with van der Waals surface area (Å²) >= 11 is 0. The van der Waals surface area contributed by atoms with Crippen molar-refractivity contribution in [3.63, 3.8) is 0 Å². The molecule has 0 aromatic rings. The van der Waals surface area contributed by atoms with Gasteiger partial charge in [-0.15, -0.1) is 0 Å². The summed E-state index contributed by atoms with van der Waals surface area (Å²) in [6.07, 6.45) is 11.6. The highest BCUT2D eigenvalue weighted by Gasteiger charge is 2.67. The van der Waals surface area contributed by atoms with Crippen LogP contribution in [0.5, 0.6) is 0 Å². The first-order chi connectivity index (χ1) is 14.4. The zero-order valence-electron chi connectivity index (χ0n) is 18.6. The first-order valence-corrected chi connectivity index (χ1v) is 12.9. The van der Waals surface area contributed by atoms with E-state index in [0.717, 1.165) is 56.3 Å². The van der Waals surface area contributed by atoms with Crippen molar-refractivity contribution in [2.45, 2.75) is 83.7 Å². The van der Waals surface area contributed by atoms with Crippen molar-refractivity contribution < 1.29 is 19.4 Å². The SMILES string of the molecule is CCC1CC(CC)C2C3CC(C(C(=O)O)C3C(=O)OC34CC5CC(CC(C5)C3)C4)C12. The minimum atomic E-state index is -0.747. The average molecular weight is 415 g/mol. The number of ether oxygens (including phenoxy) is 1. The van der Waals surface area contributed by atoms with E-state index < -0.39 is 17.8 Å². The lowest BCUT2D eigenvalue weighted by atomic mass is 9.54. The van der Waals surface area contributed by atoms with Crippen LogP contribution in [-0.4, -0.2) is 22.6 Å². The van der Waals surface area contributed by atoms with Crippen molar-refractivity contribution in [2.24, 2.45) is 65.1 Å². The summed E-state index contributed by atoms with van der Waals surface area (Å²) in [4.78, 5) is 26.1. The molecule has 8 unspecified atom stereocenters. The van der Waals surface area contributed by atoms with Gasteiger partial charge >= 0.3 is 11.9 Å². The van der Waals surface area contributed by atoms with Crippen molar-refractivity contribution in [3.8, 4) is 0 Å². The lowest BCUT2D eigenvalue weighted by Crippen LogP contribution is -2.54. The lowest BCUT2D eigenvalue weighted by Gasteiger charge is -2.56. The first kappa shape index (κ1) is 19.6. The molecule has 0 saturated heterocycles. The maximum atomic E-state index is 13.7. The van der Waals surface area contributed by atoms with Gasteiger partial charge in [0.2, 0.25) is 0 Å². The molecule has 7 aliphatic carbocycles. The Kier molecular flexibility index (Phi) is 4.39. The molecule has 1 N–H and O–H groups in total. The Morgan fingerprint density at radius 2 is 1.30 bits per heavy atom. The Hall–Kier alpha value is -1.06. The normalized spacial score (nSPS) is 55.1. The van der Waals surface area contributed by atoms with Gasteiger partial charge in [0, 0.05) is 0 Å². The number of carboxylic acid groups (broad SMARTS) is 1. The highest BCUT2D eigenvalue weighted by molar-refractivity contribution is 5.83. The van der Waals surface area contributed by atoms with Gasteiger partial charge in [-0.05, 0) is 105 Å². The van der Waals surface area contributed by atoms with Crippen LogP contribution < -0.4 is 0 Å². The molecule has 7 rings (SSSR count). The Morgan fingerprint density at radius 3 is 1.77 bits per heavy atom. The molecule has 0 radical (unpaired) electrons. The number of rotatable bonds is 5. The zero-order chi connectivity index (χ0) is 20.8. The fraction of sp³-hybridized carbons (Fsp3) is 0.923. The maximum absolute atomic E-state index is 13.7. The van der Waals surface area contributed by atoms with Crippen LogP contribution in [0.4, 0.5) is 0 Å². The van der Waals surface area contributed by atoms with Crippen LogP contribution in [0.2, 0.25) is 0 Å². The van der Waals surface area contributed by atoms with E-state index in [-0.39, 0.29) is 23.4 Å². The van der Waals surface area contributed by atoms with Crippen LogP contribution in [0, 0.1) is 65.1 Å². The molecule has 7 aliphatic rings. The molecule has 4 nitrogen and oxygen atoms in total. The molecule has 4 heteroatoms. The second kappa shape index (κ2) is 6.72. The van der Waals surface area contributed by atoms with Gasteiger partial charge in [0.25, 0.3) is 0 Å². The van der Waals surface area contributed by atoms with E-state index in [1.165, 1.54) is 25.7 Å². The molecule has 30 heavy (non-hydrogen) atoms. The largest absolute Gasteiger partial charge is 0.481 e. The summed E-state index contributed by atoms with van der Waals surface area (Å²) < 4.78 is 6.44. The van der Waals surface area contributed by atoms with E-state index in [9.17, 15) is 14.7 Å². The molecule has 7 saturated carbocycles. The summed E-state index contributed by atoms with van der Waals surface area (Å²) in [5.41, 5.74) is -0.262. The van der Waals surface area contributed by atoms with Gasteiger partial charge in [-0.2, -0.15) is 0 Å². The molecule has 0 amide bonds. The fourth-order valence-electron chi connectivity index (χ4n) is 10.5. The molecule has 7 fully saturated rings. The van der Waals surface area contributed by atoms with Gasteiger partial charge in [-0.3, -0.25) is 9.59 Å². The van der Waals surface area contributed by atoms with Gasteiger partial charge in [0.05, 0.1) is 11.8 Å². The lowest BCUT2D eigenvalue weighted by molar-refractivity contribution is -0.197. The minimum absolute atomic E-state index is 0.134. The molecule has 0 spiro atoms. The van der Waals surface area contributed by atoms with Gasteiger partial charge in [0.1, 0.15) is 5.60 Å². The van der Waals surface area contributed by atoms with Crippen molar-refractivity contribution in [1.29, 1.82) is 0 Å². The van der Waals surface area contributed by atoms with E-state index in [0.29, 0.717) is 23.7 Å². The van der Waals surface area contributed by atoms with E-state index in [2.05, 4.69) is 13.8 Å². The summed E-state index contributed by atoms with van der Waals surface area (Å²) in [5, 5.41) is 10.2.